The Kier molecular flexibility index (Phi) is 5.79. The lowest BCUT2D eigenvalue weighted by atomic mass is 10.1. The zero-order valence-corrected chi connectivity index (χ0v) is 17.1. The Bertz CT molecular complexity index is 1140. The van der Waals surface area contributed by atoms with Crippen LogP contribution in [0, 0.1) is 11.6 Å². The van der Waals surface area contributed by atoms with E-state index in [1.165, 1.54) is 22.5 Å². The Morgan fingerprint density at radius 2 is 1.97 bits per heavy atom. The SMILES string of the molecule is Cn1cc(C(=O)NCCCC(=O)N2CCc3ccccc32)c(-c2ccc(F)cc2F)n1. The van der Waals surface area contributed by atoms with Gasteiger partial charge in [0.25, 0.3) is 5.91 Å². The molecule has 0 saturated heterocycles. The first kappa shape index (κ1) is 20.7. The number of hydrogen-bond acceptors (Lipinski definition) is 3. The van der Waals surface area contributed by atoms with Crippen LogP contribution in [-0.2, 0) is 18.3 Å². The van der Waals surface area contributed by atoms with E-state index in [0.29, 0.717) is 25.9 Å². The molecule has 4 rings (SSSR count). The third-order valence-electron chi connectivity index (χ3n) is 5.30. The topological polar surface area (TPSA) is 67.2 Å². The highest BCUT2D eigenvalue weighted by Gasteiger charge is 2.24. The molecule has 0 atom stereocenters. The molecule has 2 aromatic carbocycles. The Hall–Kier alpha value is -3.55. The van der Waals surface area contributed by atoms with E-state index in [2.05, 4.69) is 10.4 Å². The molecule has 0 aliphatic carbocycles. The van der Waals surface area contributed by atoms with Crippen LogP contribution in [0.1, 0.15) is 28.8 Å². The molecule has 0 unspecified atom stereocenters. The molecule has 0 radical (unpaired) electrons. The maximum absolute atomic E-state index is 14.2. The van der Waals surface area contributed by atoms with Gasteiger partial charge < -0.3 is 10.2 Å². The first-order chi connectivity index (χ1) is 14.9. The predicted molar refractivity (Wildman–Crippen MR) is 113 cm³/mol. The minimum absolute atomic E-state index is 0.0228. The number of aryl methyl sites for hydroxylation is 1. The highest BCUT2D eigenvalue weighted by molar-refractivity contribution is 6.00. The molecular weight excluding hydrogens is 402 g/mol. The lowest BCUT2D eigenvalue weighted by Crippen LogP contribution is -2.30. The van der Waals surface area contributed by atoms with Gasteiger partial charge in [-0.05, 0) is 36.6 Å². The van der Waals surface area contributed by atoms with Gasteiger partial charge in [0.05, 0.1) is 5.56 Å². The second kappa shape index (κ2) is 8.67. The highest BCUT2D eigenvalue weighted by Crippen LogP contribution is 2.28. The van der Waals surface area contributed by atoms with E-state index in [-0.39, 0.29) is 22.7 Å². The molecule has 0 spiro atoms. The van der Waals surface area contributed by atoms with Gasteiger partial charge in [-0.2, -0.15) is 5.10 Å². The van der Waals surface area contributed by atoms with E-state index in [9.17, 15) is 18.4 Å². The molecule has 1 aromatic heterocycles. The number of fused-ring (bicyclic) bond motifs is 1. The highest BCUT2D eigenvalue weighted by atomic mass is 19.1. The van der Waals surface area contributed by atoms with Crippen molar-refractivity contribution in [1.29, 1.82) is 0 Å². The first-order valence-electron chi connectivity index (χ1n) is 10.1. The predicted octanol–water partition coefficient (Wildman–Crippen LogP) is 3.46. The van der Waals surface area contributed by atoms with Crippen LogP contribution in [-0.4, -0.2) is 34.7 Å². The smallest absolute Gasteiger partial charge is 0.255 e. The second-order valence-electron chi connectivity index (χ2n) is 7.47. The normalized spacial score (nSPS) is 12.7. The number of hydrogen-bond donors (Lipinski definition) is 1. The van der Waals surface area contributed by atoms with E-state index >= 15 is 0 Å². The average molecular weight is 424 g/mol. The van der Waals surface area contributed by atoms with Gasteiger partial charge in [0, 0.05) is 50.1 Å². The van der Waals surface area contributed by atoms with Crippen molar-refractivity contribution in [3.63, 3.8) is 0 Å². The number of nitrogens with zero attached hydrogens (tertiary/aromatic N) is 3. The molecule has 6 nitrogen and oxygen atoms in total. The van der Waals surface area contributed by atoms with Crippen molar-refractivity contribution >= 4 is 17.5 Å². The molecule has 31 heavy (non-hydrogen) atoms. The van der Waals surface area contributed by atoms with Gasteiger partial charge in [0.15, 0.2) is 0 Å². The fourth-order valence-electron chi connectivity index (χ4n) is 3.80. The van der Waals surface area contributed by atoms with Gasteiger partial charge >= 0.3 is 0 Å². The average Bonchev–Trinajstić information content (AvgIpc) is 3.34. The fraction of sp³-hybridized carbons (Fsp3) is 0.261. The van der Waals surface area contributed by atoms with Crippen molar-refractivity contribution in [3.8, 4) is 11.3 Å². The Morgan fingerprint density at radius 3 is 2.77 bits per heavy atom. The number of amides is 2. The first-order valence-corrected chi connectivity index (χ1v) is 10.1. The van der Waals surface area contributed by atoms with Crippen LogP contribution in [0.4, 0.5) is 14.5 Å². The quantitative estimate of drug-likeness (QED) is 0.617. The van der Waals surface area contributed by atoms with Crippen molar-refractivity contribution in [2.24, 2.45) is 7.05 Å². The molecule has 2 amide bonds. The van der Waals surface area contributed by atoms with Gasteiger partial charge in [-0.15, -0.1) is 0 Å². The second-order valence-corrected chi connectivity index (χ2v) is 7.47. The number of benzene rings is 2. The Morgan fingerprint density at radius 1 is 1.16 bits per heavy atom. The zero-order valence-electron chi connectivity index (χ0n) is 17.1. The van der Waals surface area contributed by atoms with Crippen LogP contribution in [0.25, 0.3) is 11.3 Å². The standard InChI is InChI=1S/C23H22F2N4O2/c1-28-14-18(22(27-28)17-9-8-16(24)13-19(17)25)23(31)26-11-4-7-21(30)29-12-10-15-5-2-3-6-20(15)29/h2-3,5-6,8-9,13-14H,4,7,10-12H2,1H3,(H,26,31). The minimum atomic E-state index is -0.788. The maximum atomic E-state index is 14.2. The molecule has 8 heteroatoms. The Labute approximate surface area is 178 Å². The molecule has 1 N–H and O–H groups in total. The van der Waals surface area contributed by atoms with E-state index in [1.807, 2.05) is 24.3 Å². The van der Waals surface area contributed by atoms with Crippen LogP contribution in [0.5, 0.6) is 0 Å². The summed E-state index contributed by atoms with van der Waals surface area (Å²) in [4.78, 5) is 27.0. The van der Waals surface area contributed by atoms with Crippen molar-refractivity contribution in [2.75, 3.05) is 18.0 Å². The van der Waals surface area contributed by atoms with E-state index in [4.69, 9.17) is 0 Å². The van der Waals surface area contributed by atoms with Gasteiger partial charge in [-0.3, -0.25) is 14.3 Å². The number of carbonyl (C=O) groups is 2. The summed E-state index contributed by atoms with van der Waals surface area (Å²) in [7, 11) is 1.62. The molecular formula is C23H22F2N4O2. The number of anilines is 1. The van der Waals surface area contributed by atoms with Crippen LogP contribution in [0.15, 0.2) is 48.7 Å². The van der Waals surface area contributed by atoms with Crippen molar-refractivity contribution in [1.82, 2.24) is 15.1 Å². The van der Waals surface area contributed by atoms with E-state index in [0.717, 1.165) is 24.2 Å². The molecule has 1 aliphatic heterocycles. The Balaban J connectivity index is 1.35. The molecule has 160 valence electrons. The lowest BCUT2D eigenvalue weighted by Gasteiger charge is -2.17. The van der Waals surface area contributed by atoms with Gasteiger partial charge in [0.1, 0.15) is 17.3 Å². The summed E-state index contributed by atoms with van der Waals surface area (Å²) in [6.45, 7) is 0.965. The number of carbonyl (C=O) groups excluding carboxylic acids is 2. The monoisotopic (exact) mass is 424 g/mol. The van der Waals surface area contributed by atoms with Crippen LogP contribution in [0.3, 0.4) is 0 Å². The van der Waals surface area contributed by atoms with Crippen molar-refractivity contribution in [2.45, 2.75) is 19.3 Å². The third-order valence-corrected chi connectivity index (χ3v) is 5.30. The summed E-state index contributed by atoms with van der Waals surface area (Å²) in [6.07, 6.45) is 3.12. The molecule has 0 saturated carbocycles. The van der Waals surface area contributed by atoms with Crippen LogP contribution in [0.2, 0.25) is 0 Å². The summed E-state index contributed by atoms with van der Waals surface area (Å²) >= 11 is 0. The molecule has 0 fully saturated rings. The summed E-state index contributed by atoms with van der Waals surface area (Å²) in [5.74, 6) is -1.89. The lowest BCUT2D eigenvalue weighted by molar-refractivity contribution is -0.118. The number of rotatable bonds is 6. The van der Waals surface area contributed by atoms with Crippen molar-refractivity contribution in [3.05, 3.63) is 71.4 Å². The van der Waals surface area contributed by atoms with E-state index < -0.39 is 17.5 Å². The number of nitrogens with one attached hydrogen (secondary N) is 1. The van der Waals surface area contributed by atoms with E-state index in [1.54, 1.807) is 11.9 Å². The largest absolute Gasteiger partial charge is 0.352 e. The molecule has 0 bridgehead atoms. The summed E-state index contributed by atoms with van der Waals surface area (Å²) in [5.41, 5.74) is 2.50. The zero-order chi connectivity index (χ0) is 22.0. The van der Waals surface area contributed by atoms with Gasteiger partial charge in [0.2, 0.25) is 5.91 Å². The van der Waals surface area contributed by atoms with Gasteiger partial charge in [-0.25, -0.2) is 8.78 Å². The number of aromatic nitrogens is 2. The minimum Gasteiger partial charge on any atom is -0.352 e. The molecule has 2 heterocycles. The third kappa shape index (κ3) is 4.33. The van der Waals surface area contributed by atoms with Crippen LogP contribution >= 0.6 is 0 Å². The van der Waals surface area contributed by atoms with Crippen LogP contribution < -0.4 is 10.2 Å². The summed E-state index contributed by atoms with van der Waals surface area (Å²) in [6, 6.07) is 11.0. The summed E-state index contributed by atoms with van der Waals surface area (Å²) in [5, 5.41) is 6.91. The van der Waals surface area contributed by atoms with Crippen molar-refractivity contribution < 1.29 is 18.4 Å². The summed E-state index contributed by atoms with van der Waals surface area (Å²) < 4.78 is 28.8. The molecule has 3 aromatic rings. The maximum Gasteiger partial charge on any atom is 0.255 e. The fourth-order valence-corrected chi connectivity index (χ4v) is 3.80. The molecule has 1 aliphatic rings. The van der Waals surface area contributed by atoms with Gasteiger partial charge in [-0.1, -0.05) is 18.2 Å². The number of halogens is 2. The number of para-hydroxylation sites is 1.